The number of carbonyl (C=O) groups excluding carboxylic acids is 1. The van der Waals surface area contributed by atoms with Gasteiger partial charge in [0, 0.05) is 12.6 Å². The number of piperidine rings is 1. The van der Waals surface area contributed by atoms with Gasteiger partial charge in [0.15, 0.2) is 10.8 Å². The van der Waals surface area contributed by atoms with Crippen LogP contribution in [-0.2, 0) is 0 Å². The van der Waals surface area contributed by atoms with E-state index in [1.54, 1.807) is 6.07 Å². The lowest BCUT2D eigenvalue weighted by Crippen LogP contribution is -2.35. The summed E-state index contributed by atoms with van der Waals surface area (Å²) in [6.45, 7) is 4.83. The Bertz CT molecular complexity index is 1040. The zero-order valence-corrected chi connectivity index (χ0v) is 17.4. The summed E-state index contributed by atoms with van der Waals surface area (Å²) in [5, 5.41) is 9.77. The van der Waals surface area contributed by atoms with Gasteiger partial charge in [-0.2, -0.15) is 0 Å². The van der Waals surface area contributed by atoms with E-state index in [2.05, 4.69) is 30.9 Å². The van der Waals surface area contributed by atoms with Gasteiger partial charge in [-0.25, -0.2) is 19.3 Å². The van der Waals surface area contributed by atoms with Crippen molar-refractivity contribution in [1.29, 1.82) is 0 Å². The van der Waals surface area contributed by atoms with Gasteiger partial charge in [0.25, 0.3) is 5.91 Å². The summed E-state index contributed by atoms with van der Waals surface area (Å²) in [5.74, 6) is 0.690. The number of aromatic nitrogens is 3. The largest absolute Gasteiger partial charge is 0.492 e. The third-order valence-electron chi connectivity index (χ3n) is 4.90. The Labute approximate surface area is 177 Å². The Kier molecular flexibility index (Phi) is 6.34. The molecule has 3 heterocycles. The van der Waals surface area contributed by atoms with E-state index in [9.17, 15) is 9.18 Å². The van der Waals surface area contributed by atoms with Crippen molar-refractivity contribution in [3.63, 3.8) is 0 Å². The third-order valence-corrected chi connectivity index (χ3v) is 5.86. The number of halogens is 1. The molecule has 1 aliphatic heterocycles. The lowest BCUT2D eigenvalue weighted by Gasteiger charge is -2.22. The van der Waals surface area contributed by atoms with E-state index in [0.29, 0.717) is 51.7 Å². The highest BCUT2D eigenvalue weighted by atomic mass is 32.1. The fraction of sp³-hybridized carbons (Fsp3) is 0.400. The molecule has 1 saturated heterocycles. The van der Waals surface area contributed by atoms with E-state index in [1.165, 1.54) is 29.8 Å². The fourth-order valence-electron chi connectivity index (χ4n) is 3.34. The highest BCUT2D eigenvalue weighted by Gasteiger charge is 2.19. The van der Waals surface area contributed by atoms with Gasteiger partial charge in [0.05, 0.1) is 12.3 Å². The Morgan fingerprint density at radius 2 is 2.17 bits per heavy atom. The molecule has 3 aromatic rings. The van der Waals surface area contributed by atoms with Crippen LogP contribution in [0.5, 0.6) is 5.75 Å². The summed E-state index contributed by atoms with van der Waals surface area (Å²) in [5.41, 5.74) is 1.05. The van der Waals surface area contributed by atoms with Crippen LogP contribution in [0.3, 0.4) is 0 Å². The molecule has 0 radical (unpaired) electrons. The number of anilines is 2. The smallest absolute Gasteiger partial charge is 0.280 e. The zero-order chi connectivity index (χ0) is 20.9. The molecule has 1 aliphatic rings. The van der Waals surface area contributed by atoms with Crippen molar-refractivity contribution >= 4 is 39.1 Å². The van der Waals surface area contributed by atoms with E-state index >= 15 is 0 Å². The number of ether oxygens (including phenoxy) is 1. The molecule has 2 aromatic heterocycles. The van der Waals surface area contributed by atoms with Crippen LogP contribution in [0.1, 0.15) is 29.6 Å². The summed E-state index contributed by atoms with van der Waals surface area (Å²) < 4.78 is 19.1. The first kappa shape index (κ1) is 20.4. The minimum Gasteiger partial charge on any atom is -0.492 e. The van der Waals surface area contributed by atoms with Gasteiger partial charge >= 0.3 is 0 Å². The molecule has 0 aliphatic carbocycles. The number of carbonyl (C=O) groups is 1. The molecular formula is C20H23FN6O2S. The quantitative estimate of drug-likeness (QED) is 0.529. The predicted octanol–water partition coefficient (Wildman–Crippen LogP) is 3.10. The normalized spacial score (nSPS) is 14.6. The van der Waals surface area contributed by atoms with Gasteiger partial charge in [-0.15, -0.1) is 0 Å². The van der Waals surface area contributed by atoms with Gasteiger partial charge < -0.3 is 20.7 Å². The van der Waals surface area contributed by atoms with Crippen molar-refractivity contribution in [2.45, 2.75) is 19.8 Å². The van der Waals surface area contributed by atoms with Gasteiger partial charge in [0.1, 0.15) is 28.2 Å². The van der Waals surface area contributed by atoms with Crippen LogP contribution in [-0.4, -0.2) is 47.1 Å². The maximum atomic E-state index is 13.6. The maximum Gasteiger partial charge on any atom is 0.280 e. The molecule has 0 atom stereocenters. The van der Waals surface area contributed by atoms with Crippen molar-refractivity contribution in [3.05, 3.63) is 35.4 Å². The molecule has 0 saturated carbocycles. The van der Waals surface area contributed by atoms with Gasteiger partial charge in [-0.1, -0.05) is 11.3 Å². The summed E-state index contributed by atoms with van der Waals surface area (Å²) in [6.07, 6.45) is 3.52. The summed E-state index contributed by atoms with van der Waals surface area (Å²) >= 11 is 1.22. The van der Waals surface area contributed by atoms with Gasteiger partial charge in [-0.05, 0) is 50.9 Å². The average molecular weight is 431 g/mol. The van der Waals surface area contributed by atoms with Crippen LogP contribution in [0.25, 0.3) is 10.3 Å². The molecular weight excluding hydrogens is 407 g/mol. The number of thiazole rings is 1. The molecule has 10 heteroatoms. The average Bonchev–Trinajstić information content (AvgIpc) is 3.20. The van der Waals surface area contributed by atoms with Crippen molar-refractivity contribution in [3.8, 4) is 5.75 Å². The van der Waals surface area contributed by atoms with Crippen molar-refractivity contribution in [2.24, 2.45) is 5.92 Å². The zero-order valence-electron chi connectivity index (χ0n) is 16.6. The Hall–Kier alpha value is -2.85. The van der Waals surface area contributed by atoms with E-state index < -0.39 is 5.82 Å². The van der Waals surface area contributed by atoms with Crippen molar-refractivity contribution < 1.29 is 13.9 Å². The highest BCUT2D eigenvalue weighted by Crippen LogP contribution is 2.31. The number of nitrogens with one attached hydrogen (secondary N) is 3. The molecule has 1 amide bonds. The number of nitrogens with zero attached hydrogens (tertiary/aromatic N) is 3. The van der Waals surface area contributed by atoms with E-state index in [-0.39, 0.29) is 5.91 Å². The number of amides is 1. The van der Waals surface area contributed by atoms with E-state index in [0.717, 1.165) is 25.9 Å². The van der Waals surface area contributed by atoms with Crippen molar-refractivity contribution in [2.75, 3.05) is 31.6 Å². The van der Waals surface area contributed by atoms with E-state index in [1.807, 2.05) is 6.92 Å². The molecule has 1 fully saturated rings. The van der Waals surface area contributed by atoms with Gasteiger partial charge in [-0.3, -0.25) is 4.79 Å². The minimum absolute atomic E-state index is 0.209. The first-order valence-corrected chi connectivity index (χ1v) is 10.8. The first-order chi connectivity index (χ1) is 14.6. The second-order valence-corrected chi connectivity index (χ2v) is 7.97. The lowest BCUT2D eigenvalue weighted by molar-refractivity contribution is 0.0944. The molecule has 0 bridgehead atoms. The number of benzene rings is 1. The summed E-state index contributed by atoms with van der Waals surface area (Å²) in [6, 6.07) is 4.22. The molecule has 4 rings (SSSR count). The van der Waals surface area contributed by atoms with E-state index in [4.69, 9.17) is 4.74 Å². The highest BCUT2D eigenvalue weighted by molar-refractivity contribution is 7.19. The molecule has 158 valence electrons. The molecule has 0 spiro atoms. The first-order valence-electron chi connectivity index (χ1n) is 9.94. The van der Waals surface area contributed by atoms with Crippen LogP contribution < -0.4 is 20.7 Å². The molecule has 30 heavy (non-hydrogen) atoms. The van der Waals surface area contributed by atoms with Crippen molar-refractivity contribution in [1.82, 2.24) is 25.6 Å². The standard InChI is InChI=1S/C20H23FN6O2S/c1-2-29-15-9-13(21)3-4-14(15)26-17-16-19(25-11-24-17)30-20(27-16)18(28)23-10-12-5-7-22-8-6-12/h3-4,9,11-12,22H,2,5-8,10H2,1H3,(H,23,28)(H,24,25,26). The molecule has 0 unspecified atom stereocenters. The lowest BCUT2D eigenvalue weighted by atomic mass is 9.98. The number of fused-ring (bicyclic) bond motifs is 1. The molecule has 3 N–H and O–H groups in total. The maximum absolute atomic E-state index is 13.6. The summed E-state index contributed by atoms with van der Waals surface area (Å²) in [4.78, 5) is 26.1. The Morgan fingerprint density at radius 3 is 2.97 bits per heavy atom. The molecule has 8 nitrogen and oxygen atoms in total. The van der Waals surface area contributed by atoms with Crippen LogP contribution >= 0.6 is 11.3 Å². The topological polar surface area (TPSA) is 101 Å². The monoisotopic (exact) mass is 430 g/mol. The number of hydrogen-bond donors (Lipinski definition) is 3. The Balaban J connectivity index is 1.53. The summed E-state index contributed by atoms with van der Waals surface area (Å²) in [7, 11) is 0. The van der Waals surface area contributed by atoms with Gasteiger partial charge in [0.2, 0.25) is 0 Å². The number of rotatable bonds is 7. The van der Waals surface area contributed by atoms with Crippen LogP contribution in [0.15, 0.2) is 24.5 Å². The van der Waals surface area contributed by atoms with Crippen LogP contribution in [0, 0.1) is 11.7 Å². The minimum atomic E-state index is -0.391. The Morgan fingerprint density at radius 1 is 1.33 bits per heavy atom. The second kappa shape index (κ2) is 9.31. The van der Waals surface area contributed by atoms with Crippen LogP contribution in [0.4, 0.5) is 15.9 Å². The number of hydrogen-bond acceptors (Lipinski definition) is 8. The van der Waals surface area contributed by atoms with Crippen LogP contribution in [0.2, 0.25) is 0 Å². The molecule has 1 aromatic carbocycles. The third kappa shape index (κ3) is 4.65. The second-order valence-electron chi connectivity index (χ2n) is 7.00. The predicted molar refractivity (Wildman–Crippen MR) is 114 cm³/mol. The fourth-order valence-corrected chi connectivity index (χ4v) is 4.17. The SMILES string of the molecule is CCOc1cc(F)ccc1Nc1ncnc2sc(C(=O)NCC3CCNCC3)nc12.